The molecule has 5 heteroatoms. The summed E-state index contributed by atoms with van der Waals surface area (Å²) in [6.07, 6.45) is 3.66. The molecule has 0 saturated heterocycles. The summed E-state index contributed by atoms with van der Waals surface area (Å²) in [4.78, 5) is 15.6. The Morgan fingerprint density at radius 1 is 1.29 bits per heavy atom. The maximum absolute atomic E-state index is 12.6. The molecule has 0 radical (unpaired) electrons. The summed E-state index contributed by atoms with van der Waals surface area (Å²) in [5.74, 6) is 0.509. The fourth-order valence-electron chi connectivity index (χ4n) is 2.55. The fourth-order valence-corrected chi connectivity index (χ4v) is 3.45. The van der Waals surface area contributed by atoms with Gasteiger partial charge in [0.05, 0.1) is 11.3 Å². The van der Waals surface area contributed by atoms with Crippen LogP contribution < -0.4 is 0 Å². The molecule has 0 aliphatic rings. The minimum atomic E-state index is 0.0580. The Morgan fingerprint density at radius 2 is 2.12 bits per heavy atom. The first-order chi connectivity index (χ1) is 11.5. The second kappa shape index (κ2) is 7.01. The number of amides is 1. The Morgan fingerprint density at radius 3 is 2.79 bits per heavy atom. The van der Waals surface area contributed by atoms with Crippen molar-refractivity contribution in [3.8, 4) is 5.69 Å². The first kappa shape index (κ1) is 16.5. The highest BCUT2D eigenvalue weighted by Crippen LogP contribution is 2.24. The average Bonchev–Trinajstić information content (AvgIpc) is 3.26. The highest BCUT2D eigenvalue weighted by Gasteiger charge is 2.15. The lowest BCUT2D eigenvalue weighted by Crippen LogP contribution is -2.25. The van der Waals surface area contributed by atoms with Crippen LogP contribution in [0.1, 0.15) is 40.6 Å². The average molecular weight is 339 g/mol. The van der Waals surface area contributed by atoms with Gasteiger partial charge in [0.2, 0.25) is 0 Å². The molecule has 0 bridgehead atoms. The Balaban J connectivity index is 1.73. The van der Waals surface area contributed by atoms with Crippen LogP contribution in [0.3, 0.4) is 0 Å². The van der Waals surface area contributed by atoms with Gasteiger partial charge >= 0.3 is 0 Å². The van der Waals surface area contributed by atoms with Crippen molar-refractivity contribution in [2.45, 2.75) is 26.3 Å². The number of thiophene rings is 1. The van der Waals surface area contributed by atoms with E-state index in [1.54, 1.807) is 22.4 Å². The molecule has 0 spiro atoms. The van der Waals surface area contributed by atoms with Crippen LogP contribution in [0.2, 0.25) is 0 Å². The van der Waals surface area contributed by atoms with Gasteiger partial charge in [-0.1, -0.05) is 26.0 Å². The summed E-state index contributed by atoms with van der Waals surface area (Å²) in [6, 6.07) is 12.0. The van der Waals surface area contributed by atoms with Gasteiger partial charge in [-0.25, -0.2) is 4.68 Å². The Hall–Kier alpha value is -2.40. The molecule has 2 heterocycles. The molecule has 1 aromatic carbocycles. The van der Waals surface area contributed by atoms with Crippen molar-refractivity contribution in [2.75, 3.05) is 7.05 Å². The van der Waals surface area contributed by atoms with Crippen LogP contribution in [0.5, 0.6) is 0 Å². The molecule has 4 nitrogen and oxygen atoms in total. The lowest BCUT2D eigenvalue weighted by atomic mass is 10.1. The quantitative estimate of drug-likeness (QED) is 0.694. The van der Waals surface area contributed by atoms with E-state index in [1.165, 1.54) is 4.88 Å². The molecule has 3 aromatic rings. The molecule has 0 aliphatic heterocycles. The second-order valence-electron chi connectivity index (χ2n) is 6.17. The molecule has 24 heavy (non-hydrogen) atoms. The van der Waals surface area contributed by atoms with E-state index in [2.05, 4.69) is 25.0 Å². The van der Waals surface area contributed by atoms with Crippen LogP contribution in [-0.2, 0) is 6.54 Å². The standard InChI is InChI=1S/C19H21N3OS/c1-14(2)18-11-16(13-24-18)19(23)21(3)12-15-6-4-7-17(10-15)22-9-5-8-20-22/h4-11,13-14H,12H2,1-3H3. The first-order valence-corrected chi connectivity index (χ1v) is 8.85. The highest BCUT2D eigenvalue weighted by molar-refractivity contribution is 7.10. The summed E-state index contributed by atoms with van der Waals surface area (Å²) in [5, 5.41) is 6.20. The van der Waals surface area contributed by atoms with E-state index in [0.29, 0.717) is 12.5 Å². The minimum absolute atomic E-state index is 0.0580. The molecule has 0 saturated carbocycles. The Labute approximate surface area is 146 Å². The summed E-state index contributed by atoms with van der Waals surface area (Å²) < 4.78 is 1.82. The van der Waals surface area contributed by atoms with Crippen molar-refractivity contribution >= 4 is 17.2 Å². The number of aromatic nitrogens is 2. The lowest BCUT2D eigenvalue weighted by molar-refractivity contribution is 0.0785. The van der Waals surface area contributed by atoms with Crippen LogP contribution in [-0.4, -0.2) is 27.6 Å². The summed E-state index contributed by atoms with van der Waals surface area (Å²) in [7, 11) is 1.84. The van der Waals surface area contributed by atoms with Crippen molar-refractivity contribution in [1.29, 1.82) is 0 Å². The van der Waals surface area contributed by atoms with Crippen molar-refractivity contribution in [3.05, 3.63) is 70.2 Å². The molecule has 1 amide bonds. The third-order valence-electron chi connectivity index (χ3n) is 3.88. The van der Waals surface area contributed by atoms with Crippen LogP contribution in [0, 0.1) is 0 Å². The van der Waals surface area contributed by atoms with Crippen LogP contribution in [0.25, 0.3) is 5.69 Å². The fraction of sp³-hybridized carbons (Fsp3) is 0.263. The van der Waals surface area contributed by atoms with Gasteiger partial charge in [0.1, 0.15) is 0 Å². The molecule has 0 aliphatic carbocycles. The summed E-state index contributed by atoms with van der Waals surface area (Å²) in [5.41, 5.74) is 2.85. The number of hydrogen-bond acceptors (Lipinski definition) is 3. The molecule has 0 atom stereocenters. The molecule has 2 aromatic heterocycles. The molecular formula is C19H21N3OS. The van der Waals surface area contributed by atoms with Gasteiger partial charge in [0.25, 0.3) is 5.91 Å². The smallest absolute Gasteiger partial charge is 0.254 e. The van der Waals surface area contributed by atoms with Gasteiger partial charge in [-0.3, -0.25) is 4.79 Å². The number of carbonyl (C=O) groups excluding carboxylic acids is 1. The summed E-state index contributed by atoms with van der Waals surface area (Å²) >= 11 is 1.65. The number of carbonyl (C=O) groups is 1. The van der Waals surface area contributed by atoms with Crippen LogP contribution in [0.4, 0.5) is 0 Å². The van der Waals surface area contributed by atoms with Crippen LogP contribution in [0.15, 0.2) is 54.2 Å². The number of benzene rings is 1. The monoisotopic (exact) mass is 339 g/mol. The predicted molar refractivity (Wildman–Crippen MR) is 97.8 cm³/mol. The Bertz CT molecular complexity index is 821. The van der Waals surface area contributed by atoms with E-state index in [1.807, 2.05) is 53.6 Å². The van der Waals surface area contributed by atoms with E-state index >= 15 is 0 Å². The zero-order valence-electron chi connectivity index (χ0n) is 14.1. The minimum Gasteiger partial charge on any atom is -0.337 e. The van der Waals surface area contributed by atoms with Gasteiger partial charge in [0.15, 0.2) is 0 Å². The maximum atomic E-state index is 12.6. The zero-order chi connectivity index (χ0) is 17.1. The van der Waals surface area contributed by atoms with Crippen molar-refractivity contribution in [2.24, 2.45) is 0 Å². The van der Waals surface area contributed by atoms with Gasteiger partial charge in [-0.2, -0.15) is 5.10 Å². The molecular weight excluding hydrogens is 318 g/mol. The summed E-state index contributed by atoms with van der Waals surface area (Å²) in [6.45, 7) is 4.86. The third kappa shape index (κ3) is 3.57. The van der Waals surface area contributed by atoms with Crippen molar-refractivity contribution in [1.82, 2.24) is 14.7 Å². The zero-order valence-corrected chi connectivity index (χ0v) is 15.0. The van der Waals surface area contributed by atoms with Gasteiger partial charge in [-0.05, 0) is 35.7 Å². The van der Waals surface area contributed by atoms with E-state index in [4.69, 9.17) is 0 Å². The maximum Gasteiger partial charge on any atom is 0.254 e. The first-order valence-electron chi connectivity index (χ1n) is 7.97. The second-order valence-corrected chi connectivity index (χ2v) is 7.12. The normalized spacial score (nSPS) is 11.0. The SMILES string of the molecule is CC(C)c1cc(C(=O)N(C)Cc2cccc(-n3cccn3)c2)cs1. The lowest BCUT2D eigenvalue weighted by Gasteiger charge is -2.17. The molecule has 124 valence electrons. The molecule has 0 unspecified atom stereocenters. The van der Waals surface area contributed by atoms with Gasteiger partial charge < -0.3 is 4.90 Å². The topological polar surface area (TPSA) is 38.1 Å². The van der Waals surface area contributed by atoms with E-state index in [0.717, 1.165) is 16.8 Å². The highest BCUT2D eigenvalue weighted by atomic mass is 32.1. The predicted octanol–water partition coefficient (Wildman–Crippen LogP) is 4.33. The number of nitrogens with zero attached hydrogens (tertiary/aromatic N) is 3. The molecule has 0 fully saturated rings. The van der Waals surface area contributed by atoms with E-state index < -0.39 is 0 Å². The number of hydrogen-bond donors (Lipinski definition) is 0. The van der Waals surface area contributed by atoms with Crippen molar-refractivity contribution in [3.63, 3.8) is 0 Å². The van der Waals surface area contributed by atoms with Crippen molar-refractivity contribution < 1.29 is 4.79 Å². The van der Waals surface area contributed by atoms with Gasteiger partial charge in [0, 0.05) is 36.2 Å². The van der Waals surface area contributed by atoms with Crippen LogP contribution >= 0.6 is 11.3 Å². The largest absolute Gasteiger partial charge is 0.337 e. The molecule has 3 rings (SSSR count). The number of rotatable bonds is 5. The van der Waals surface area contributed by atoms with E-state index in [-0.39, 0.29) is 5.91 Å². The van der Waals surface area contributed by atoms with E-state index in [9.17, 15) is 4.79 Å². The Kier molecular flexibility index (Phi) is 4.81. The third-order valence-corrected chi connectivity index (χ3v) is 5.11. The molecule has 0 N–H and O–H groups in total. The van der Waals surface area contributed by atoms with Gasteiger partial charge in [-0.15, -0.1) is 11.3 Å².